The first kappa shape index (κ1) is 19.1. The molecule has 0 aliphatic rings. The Morgan fingerprint density at radius 2 is 1.75 bits per heavy atom. The third kappa shape index (κ3) is 4.95. The Labute approximate surface area is 161 Å². The van der Waals surface area contributed by atoms with Crippen LogP contribution in [0.15, 0.2) is 73.3 Å². The first-order valence-electron chi connectivity index (χ1n) is 8.67. The van der Waals surface area contributed by atoms with Crippen LogP contribution in [0.3, 0.4) is 0 Å². The number of carbonyl (C=O) groups excluding carboxylic acids is 1. The van der Waals surface area contributed by atoms with Crippen molar-refractivity contribution >= 4 is 11.6 Å². The van der Waals surface area contributed by atoms with Crippen LogP contribution in [0.2, 0.25) is 0 Å². The van der Waals surface area contributed by atoms with Gasteiger partial charge < -0.3 is 5.32 Å². The number of nitrogens with zero attached hydrogens (tertiary/aromatic N) is 3. The number of pyridine rings is 2. The molecule has 2 N–H and O–H groups in total. The maximum absolute atomic E-state index is 12.9. The highest BCUT2D eigenvalue weighted by atomic mass is 16.6. The number of para-hydroxylation sites is 1. The molecule has 1 aromatic carbocycles. The van der Waals surface area contributed by atoms with Gasteiger partial charge in [0.15, 0.2) is 0 Å². The maximum atomic E-state index is 12.9. The Morgan fingerprint density at radius 1 is 0.964 bits per heavy atom. The second kappa shape index (κ2) is 9.33. The van der Waals surface area contributed by atoms with Gasteiger partial charge in [-0.1, -0.05) is 24.3 Å². The Balaban J connectivity index is 1.81. The van der Waals surface area contributed by atoms with Crippen LogP contribution in [0.1, 0.15) is 22.7 Å². The fraction of sp³-hybridized carbons (Fsp3) is 0.150. The number of hydrogen-bond donors (Lipinski definition) is 2. The highest BCUT2D eigenvalue weighted by Gasteiger charge is 2.27. The molecular weight excluding hydrogens is 358 g/mol. The normalized spacial score (nSPS) is 11.6. The first-order valence-corrected chi connectivity index (χ1v) is 8.67. The molecular formula is C20H19N5O3. The average Bonchev–Trinajstić information content (AvgIpc) is 2.74. The lowest BCUT2D eigenvalue weighted by atomic mass is 10.0. The van der Waals surface area contributed by atoms with E-state index in [9.17, 15) is 14.9 Å². The summed E-state index contributed by atoms with van der Waals surface area (Å²) in [4.78, 5) is 31.8. The van der Waals surface area contributed by atoms with Gasteiger partial charge in [0.25, 0.3) is 5.69 Å². The summed E-state index contributed by atoms with van der Waals surface area (Å²) in [6, 6.07) is 12.6. The third-order valence-corrected chi connectivity index (χ3v) is 4.16. The van der Waals surface area contributed by atoms with Gasteiger partial charge in [0.1, 0.15) is 6.04 Å². The van der Waals surface area contributed by atoms with Gasteiger partial charge in [0.05, 0.1) is 10.5 Å². The van der Waals surface area contributed by atoms with Crippen LogP contribution in [-0.4, -0.2) is 20.8 Å². The summed E-state index contributed by atoms with van der Waals surface area (Å²) >= 11 is 0. The largest absolute Gasteiger partial charge is 0.350 e. The zero-order valence-electron chi connectivity index (χ0n) is 15.0. The van der Waals surface area contributed by atoms with Crippen molar-refractivity contribution < 1.29 is 9.72 Å². The highest BCUT2D eigenvalue weighted by Crippen LogP contribution is 2.25. The van der Waals surface area contributed by atoms with E-state index >= 15 is 0 Å². The zero-order chi connectivity index (χ0) is 19.8. The number of benzene rings is 1. The molecule has 0 spiro atoms. The minimum Gasteiger partial charge on any atom is -0.350 e. The molecule has 1 unspecified atom stereocenters. The van der Waals surface area contributed by atoms with Crippen molar-refractivity contribution in [3.8, 4) is 0 Å². The number of amides is 1. The zero-order valence-corrected chi connectivity index (χ0v) is 15.0. The fourth-order valence-corrected chi connectivity index (χ4v) is 2.76. The number of aromatic nitrogens is 2. The monoisotopic (exact) mass is 377 g/mol. The van der Waals surface area contributed by atoms with Crippen molar-refractivity contribution in [1.82, 2.24) is 20.6 Å². The molecule has 1 atom stereocenters. The lowest BCUT2D eigenvalue weighted by molar-refractivity contribution is -0.385. The molecule has 8 nitrogen and oxygen atoms in total. The van der Waals surface area contributed by atoms with E-state index in [4.69, 9.17) is 0 Å². The summed E-state index contributed by atoms with van der Waals surface area (Å²) in [6.07, 6.45) is 6.62. The van der Waals surface area contributed by atoms with E-state index in [1.807, 2.05) is 6.07 Å². The molecule has 3 aromatic rings. The number of nitrogens with one attached hydrogen (secondary N) is 2. The van der Waals surface area contributed by atoms with Crippen LogP contribution in [0, 0.1) is 10.1 Å². The van der Waals surface area contributed by atoms with Crippen LogP contribution < -0.4 is 10.6 Å². The molecule has 2 aromatic heterocycles. The summed E-state index contributed by atoms with van der Waals surface area (Å²) in [5.41, 5.74) is 1.96. The van der Waals surface area contributed by atoms with Crippen molar-refractivity contribution in [3.05, 3.63) is 100 Å². The fourth-order valence-electron chi connectivity index (χ4n) is 2.76. The van der Waals surface area contributed by atoms with Gasteiger partial charge in [-0.05, 0) is 29.3 Å². The molecule has 0 radical (unpaired) electrons. The topological polar surface area (TPSA) is 110 Å². The van der Waals surface area contributed by atoms with Crippen molar-refractivity contribution in [2.24, 2.45) is 0 Å². The first-order chi connectivity index (χ1) is 13.6. The van der Waals surface area contributed by atoms with Gasteiger partial charge in [-0.25, -0.2) is 0 Å². The Kier molecular flexibility index (Phi) is 6.37. The van der Waals surface area contributed by atoms with Gasteiger partial charge >= 0.3 is 0 Å². The van der Waals surface area contributed by atoms with Gasteiger partial charge in [-0.15, -0.1) is 0 Å². The maximum Gasteiger partial charge on any atom is 0.274 e. The quantitative estimate of drug-likeness (QED) is 0.461. The third-order valence-electron chi connectivity index (χ3n) is 4.16. The van der Waals surface area contributed by atoms with Crippen LogP contribution in [0.5, 0.6) is 0 Å². The van der Waals surface area contributed by atoms with Crippen LogP contribution in [0.25, 0.3) is 0 Å². The average molecular weight is 377 g/mol. The SMILES string of the molecule is O=C(NCc1ccncc1)C(NCc1cccnc1)c1ccccc1[N+](=O)[O-]. The number of nitro groups is 1. The molecule has 142 valence electrons. The predicted molar refractivity (Wildman–Crippen MR) is 103 cm³/mol. The van der Waals surface area contributed by atoms with Crippen molar-refractivity contribution in [2.75, 3.05) is 0 Å². The van der Waals surface area contributed by atoms with Crippen LogP contribution in [-0.2, 0) is 17.9 Å². The summed E-state index contributed by atoms with van der Waals surface area (Å²) in [5.74, 6) is -0.352. The number of rotatable bonds is 8. The Bertz CT molecular complexity index is 935. The highest BCUT2D eigenvalue weighted by molar-refractivity contribution is 5.84. The van der Waals surface area contributed by atoms with Crippen molar-refractivity contribution in [2.45, 2.75) is 19.1 Å². The van der Waals surface area contributed by atoms with Gasteiger partial charge in [-0.3, -0.25) is 30.2 Å². The van der Waals surface area contributed by atoms with E-state index in [1.54, 1.807) is 61.2 Å². The molecule has 2 heterocycles. The van der Waals surface area contributed by atoms with E-state index in [-0.39, 0.29) is 11.6 Å². The molecule has 0 aliphatic heterocycles. The second-order valence-electron chi connectivity index (χ2n) is 6.06. The standard InChI is InChI=1S/C20H19N5O3/c26-20(24-13-15-7-10-21-11-8-15)19(23-14-16-4-3-9-22-12-16)17-5-1-2-6-18(17)25(27)28/h1-12,19,23H,13-14H2,(H,24,26). The molecule has 0 saturated carbocycles. The smallest absolute Gasteiger partial charge is 0.274 e. The number of carbonyl (C=O) groups is 1. The van der Waals surface area contributed by atoms with E-state index in [2.05, 4.69) is 20.6 Å². The van der Waals surface area contributed by atoms with Gasteiger partial charge in [0, 0.05) is 43.9 Å². The summed E-state index contributed by atoms with van der Waals surface area (Å²) in [5, 5.41) is 17.4. The lowest BCUT2D eigenvalue weighted by Gasteiger charge is -2.19. The summed E-state index contributed by atoms with van der Waals surface area (Å²) in [6.45, 7) is 0.639. The molecule has 8 heteroatoms. The van der Waals surface area contributed by atoms with E-state index in [1.165, 1.54) is 6.07 Å². The molecule has 0 fully saturated rings. The predicted octanol–water partition coefficient (Wildman–Crippen LogP) is 2.53. The Morgan fingerprint density at radius 3 is 2.46 bits per heavy atom. The molecule has 0 aliphatic carbocycles. The van der Waals surface area contributed by atoms with Crippen LogP contribution >= 0.6 is 0 Å². The van der Waals surface area contributed by atoms with Gasteiger partial charge in [-0.2, -0.15) is 0 Å². The summed E-state index contributed by atoms with van der Waals surface area (Å²) in [7, 11) is 0. The minimum atomic E-state index is -0.886. The van der Waals surface area contributed by atoms with E-state index in [0.29, 0.717) is 18.7 Å². The van der Waals surface area contributed by atoms with Crippen molar-refractivity contribution in [3.63, 3.8) is 0 Å². The second-order valence-corrected chi connectivity index (χ2v) is 6.06. The van der Waals surface area contributed by atoms with Crippen LogP contribution in [0.4, 0.5) is 5.69 Å². The van der Waals surface area contributed by atoms with Gasteiger partial charge in [0.2, 0.25) is 5.91 Å². The molecule has 28 heavy (non-hydrogen) atoms. The molecule has 1 amide bonds. The molecule has 0 saturated heterocycles. The number of hydrogen-bond acceptors (Lipinski definition) is 6. The lowest BCUT2D eigenvalue weighted by Crippen LogP contribution is -2.37. The molecule has 3 rings (SSSR count). The number of nitro benzene ring substituents is 1. The summed E-state index contributed by atoms with van der Waals surface area (Å²) < 4.78 is 0. The Hall–Kier alpha value is -3.65. The van der Waals surface area contributed by atoms with E-state index < -0.39 is 11.0 Å². The minimum absolute atomic E-state index is 0.106. The van der Waals surface area contributed by atoms with Crippen molar-refractivity contribution in [1.29, 1.82) is 0 Å². The van der Waals surface area contributed by atoms with E-state index in [0.717, 1.165) is 11.1 Å². The molecule has 0 bridgehead atoms.